The lowest BCUT2D eigenvalue weighted by Crippen LogP contribution is -2.21. The van der Waals surface area contributed by atoms with Gasteiger partial charge in [0.2, 0.25) is 0 Å². The van der Waals surface area contributed by atoms with Gasteiger partial charge in [-0.05, 0) is 49.2 Å². The Bertz CT molecular complexity index is 502. The van der Waals surface area contributed by atoms with Crippen molar-refractivity contribution in [2.45, 2.75) is 39.0 Å². The first kappa shape index (κ1) is 14.2. The van der Waals surface area contributed by atoms with E-state index in [0.29, 0.717) is 11.8 Å². The molecule has 0 aromatic carbocycles. The van der Waals surface area contributed by atoms with Crippen LogP contribution >= 0.6 is 12.4 Å². The quantitative estimate of drug-likeness (QED) is 0.334. The van der Waals surface area contributed by atoms with E-state index in [2.05, 4.69) is 24.2 Å². The molecule has 0 radical (unpaired) electrons. The monoisotopic (exact) mass is 280 g/mol. The summed E-state index contributed by atoms with van der Waals surface area (Å²) < 4.78 is 0. The summed E-state index contributed by atoms with van der Waals surface area (Å²) in [5.74, 6) is 1.25. The highest BCUT2D eigenvalue weighted by molar-refractivity contribution is 5.85. The number of hydrogen-bond donors (Lipinski definition) is 2. The fourth-order valence-corrected chi connectivity index (χ4v) is 3.66. The minimum absolute atomic E-state index is 0. The van der Waals surface area contributed by atoms with Gasteiger partial charge in [-0.15, -0.1) is 12.4 Å². The Morgan fingerprint density at radius 1 is 1.37 bits per heavy atom. The highest BCUT2D eigenvalue weighted by Gasteiger charge is 2.34. The highest BCUT2D eigenvalue weighted by Crippen LogP contribution is 2.47. The van der Waals surface area contributed by atoms with Crippen molar-refractivity contribution in [3.63, 3.8) is 0 Å². The van der Waals surface area contributed by atoms with Crippen LogP contribution in [0.4, 0.5) is 0 Å². The number of oxime groups is 1. The smallest absolute Gasteiger partial charge is 0.142 e. The number of amidine groups is 1. The van der Waals surface area contributed by atoms with E-state index in [-0.39, 0.29) is 18.3 Å². The molecule has 3 rings (SSSR count). The van der Waals surface area contributed by atoms with Crippen molar-refractivity contribution in [2.24, 2.45) is 22.7 Å². The van der Waals surface area contributed by atoms with Gasteiger partial charge >= 0.3 is 0 Å². The summed E-state index contributed by atoms with van der Waals surface area (Å²) in [5, 5.41) is 12.0. The van der Waals surface area contributed by atoms with Crippen molar-refractivity contribution in [1.29, 1.82) is 0 Å². The summed E-state index contributed by atoms with van der Waals surface area (Å²) in [4.78, 5) is 0. The fourth-order valence-electron chi connectivity index (χ4n) is 3.66. The topological polar surface area (TPSA) is 58.6 Å². The summed E-state index contributed by atoms with van der Waals surface area (Å²) in [7, 11) is 0. The molecule has 3 N–H and O–H groups in total. The summed E-state index contributed by atoms with van der Waals surface area (Å²) in [6.45, 7) is 2.33. The maximum Gasteiger partial charge on any atom is 0.142 e. The van der Waals surface area contributed by atoms with Crippen LogP contribution in [-0.4, -0.2) is 11.0 Å². The van der Waals surface area contributed by atoms with E-state index >= 15 is 0 Å². The largest absolute Gasteiger partial charge is 0.409 e. The third-order valence-corrected chi connectivity index (χ3v) is 4.59. The average molecular weight is 281 g/mol. The van der Waals surface area contributed by atoms with Gasteiger partial charge in [-0.3, -0.25) is 0 Å². The molecule has 0 aromatic heterocycles. The van der Waals surface area contributed by atoms with Crippen LogP contribution in [0.2, 0.25) is 0 Å². The molecule has 0 saturated carbocycles. The molecule has 0 aromatic rings. The molecule has 104 valence electrons. The first-order valence-corrected chi connectivity index (χ1v) is 6.79. The van der Waals surface area contributed by atoms with Gasteiger partial charge in [0, 0.05) is 5.92 Å². The molecule has 3 aliphatic carbocycles. The Morgan fingerprint density at radius 2 is 2.16 bits per heavy atom. The van der Waals surface area contributed by atoms with E-state index in [4.69, 9.17) is 10.9 Å². The lowest BCUT2D eigenvalue weighted by molar-refractivity contribution is 0.314. The molecule has 2 unspecified atom stereocenters. The summed E-state index contributed by atoms with van der Waals surface area (Å²) in [5.41, 5.74) is 11.9. The van der Waals surface area contributed by atoms with E-state index in [1.54, 1.807) is 5.57 Å². The van der Waals surface area contributed by atoms with E-state index < -0.39 is 0 Å². The SMILES string of the molecule is CC1CC2=C(CC(C(N)=NO)C2)C2=C1CCC=C2.Cl. The van der Waals surface area contributed by atoms with Crippen molar-refractivity contribution >= 4 is 18.2 Å². The number of halogens is 1. The molecule has 3 nitrogen and oxygen atoms in total. The summed E-state index contributed by atoms with van der Waals surface area (Å²) in [6, 6.07) is 0. The van der Waals surface area contributed by atoms with E-state index in [1.807, 2.05) is 0 Å². The minimum atomic E-state index is 0. The van der Waals surface area contributed by atoms with Crippen molar-refractivity contribution in [2.75, 3.05) is 0 Å². The van der Waals surface area contributed by atoms with Gasteiger partial charge < -0.3 is 10.9 Å². The predicted octanol–water partition coefficient (Wildman–Crippen LogP) is 3.55. The molecular weight excluding hydrogens is 260 g/mol. The number of hydrogen-bond acceptors (Lipinski definition) is 2. The molecule has 0 aliphatic heterocycles. The second kappa shape index (κ2) is 5.41. The molecule has 3 aliphatic rings. The van der Waals surface area contributed by atoms with Crippen LogP contribution in [0.25, 0.3) is 0 Å². The zero-order chi connectivity index (χ0) is 12.7. The van der Waals surface area contributed by atoms with Gasteiger partial charge in [-0.25, -0.2) is 0 Å². The van der Waals surface area contributed by atoms with Crippen molar-refractivity contribution in [3.8, 4) is 0 Å². The Hall–Kier alpha value is -1.22. The Balaban J connectivity index is 0.00000133. The van der Waals surface area contributed by atoms with Crippen LogP contribution in [0, 0.1) is 11.8 Å². The van der Waals surface area contributed by atoms with Crippen LogP contribution in [0.1, 0.15) is 39.0 Å². The number of nitrogens with two attached hydrogens (primary N) is 1. The standard InChI is InChI=1S/C15H20N2O.ClH/c1-9-6-10-7-11(15(16)17-18)8-14(10)13-5-3-2-4-12(9)13;/h3,5,9,11,18H,2,4,6-8H2,1H3,(H2,16,17);1H. The molecule has 0 saturated heterocycles. The number of nitrogens with zero attached hydrogens (tertiary/aromatic N) is 1. The molecule has 0 fully saturated rings. The average Bonchev–Trinajstić information content (AvgIpc) is 2.82. The van der Waals surface area contributed by atoms with Crippen LogP contribution in [0.15, 0.2) is 39.6 Å². The Kier molecular flexibility index (Phi) is 4.04. The van der Waals surface area contributed by atoms with Crippen LogP contribution in [0.5, 0.6) is 0 Å². The second-order valence-corrected chi connectivity index (χ2v) is 5.70. The molecule has 19 heavy (non-hydrogen) atoms. The normalized spacial score (nSPS) is 30.1. The lowest BCUT2D eigenvalue weighted by Gasteiger charge is -2.28. The van der Waals surface area contributed by atoms with Gasteiger partial charge in [-0.2, -0.15) is 0 Å². The van der Waals surface area contributed by atoms with Crippen molar-refractivity contribution in [1.82, 2.24) is 0 Å². The van der Waals surface area contributed by atoms with Crippen molar-refractivity contribution in [3.05, 3.63) is 34.4 Å². The molecule has 0 bridgehead atoms. The fraction of sp³-hybridized carbons (Fsp3) is 0.533. The van der Waals surface area contributed by atoms with Crippen LogP contribution in [-0.2, 0) is 0 Å². The number of allylic oxidation sites excluding steroid dienone is 6. The first-order valence-electron chi connectivity index (χ1n) is 6.79. The van der Waals surface area contributed by atoms with E-state index in [1.165, 1.54) is 29.6 Å². The van der Waals surface area contributed by atoms with E-state index in [9.17, 15) is 0 Å². The maximum absolute atomic E-state index is 8.83. The molecule has 2 atom stereocenters. The Labute approximate surface area is 120 Å². The number of fused-ring (bicyclic) bond motifs is 1. The van der Waals surface area contributed by atoms with Crippen LogP contribution in [0.3, 0.4) is 0 Å². The molecule has 0 spiro atoms. The maximum atomic E-state index is 8.83. The predicted molar refractivity (Wildman–Crippen MR) is 79.6 cm³/mol. The zero-order valence-electron chi connectivity index (χ0n) is 11.2. The Morgan fingerprint density at radius 3 is 2.89 bits per heavy atom. The third kappa shape index (κ3) is 2.32. The summed E-state index contributed by atoms with van der Waals surface area (Å²) >= 11 is 0. The lowest BCUT2D eigenvalue weighted by atomic mass is 9.77. The van der Waals surface area contributed by atoms with Gasteiger partial charge in [0.05, 0.1) is 0 Å². The molecular formula is C15H21ClN2O. The second-order valence-electron chi connectivity index (χ2n) is 5.70. The minimum Gasteiger partial charge on any atom is -0.409 e. The van der Waals surface area contributed by atoms with Gasteiger partial charge in [0.15, 0.2) is 0 Å². The highest BCUT2D eigenvalue weighted by atomic mass is 35.5. The van der Waals surface area contributed by atoms with Gasteiger partial charge in [-0.1, -0.05) is 35.4 Å². The molecule has 0 amide bonds. The number of rotatable bonds is 1. The summed E-state index contributed by atoms with van der Waals surface area (Å²) in [6.07, 6.45) is 10.0. The zero-order valence-corrected chi connectivity index (χ0v) is 12.0. The van der Waals surface area contributed by atoms with Gasteiger partial charge in [0.25, 0.3) is 0 Å². The third-order valence-electron chi connectivity index (χ3n) is 4.59. The van der Waals surface area contributed by atoms with Crippen LogP contribution < -0.4 is 5.73 Å². The van der Waals surface area contributed by atoms with Gasteiger partial charge in [0.1, 0.15) is 5.84 Å². The first-order chi connectivity index (χ1) is 8.70. The van der Waals surface area contributed by atoms with E-state index in [0.717, 1.165) is 19.3 Å². The van der Waals surface area contributed by atoms with Crippen molar-refractivity contribution < 1.29 is 5.21 Å². The molecule has 0 heterocycles. The molecule has 4 heteroatoms.